The van der Waals surface area contributed by atoms with Gasteiger partial charge in [0.15, 0.2) is 0 Å². The van der Waals surface area contributed by atoms with Crippen molar-refractivity contribution in [3.8, 4) is 6.07 Å². The summed E-state index contributed by atoms with van der Waals surface area (Å²) in [6.07, 6.45) is 2.62. The van der Waals surface area contributed by atoms with Crippen LogP contribution in [0.25, 0.3) is 0 Å². The molecule has 2 aromatic heterocycles. The van der Waals surface area contributed by atoms with Crippen LogP contribution in [0.4, 0.5) is 5.95 Å². The molecule has 17 heavy (non-hydrogen) atoms. The van der Waals surface area contributed by atoms with Gasteiger partial charge in [0.1, 0.15) is 11.8 Å². The van der Waals surface area contributed by atoms with Crippen molar-refractivity contribution < 1.29 is 0 Å². The van der Waals surface area contributed by atoms with E-state index in [0.717, 1.165) is 17.1 Å². The molecule has 0 unspecified atom stereocenters. The van der Waals surface area contributed by atoms with Crippen LogP contribution >= 0.6 is 11.3 Å². The smallest absolute Gasteiger partial charge is 0.224 e. The maximum absolute atomic E-state index is 8.79. The highest BCUT2D eigenvalue weighted by atomic mass is 32.1. The van der Waals surface area contributed by atoms with E-state index >= 15 is 0 Å². The van der Waals surface area contributed by atoms with Gasteiger partial charge in [-0.2, -0.15) is 5.26 Å². The molecule has 0 fully saturated rings. The Kier molecular flexibility index (Phi) is 3.62. The normalized spacial score (nSPS) is 9.88. The molecule has 0 radical (unpaired) electrons. The fraction of sp³-hybridized carbons (Fsp3) is 0.273. The fourth-order valence-corrected chi connectivity index (χ4v) is 1.98. The number of rotatable bonds is 4. The number of nitriles is 1. The van der Waals surface area contributed by atoms with Crippen LogP contribution < -0.4 is 5.32 Å². The van der Waals surface area contributed by atoms with Gasteiger partial charge in [-0.3, -0.25) is 0 Å². The fourth-order valence-electron chi connectivity index (χ4n) is 1.36. The summed E-state index contributed by atoms with van der Waals surface area (Å²) in [5.41, 5.74) is 1.17. The second-order valence-electron chi connectivity index (χ2n) is 3.43. The summed E-state index contributed by atoms with van der Waals surface area (Å²) in [5, 5.41) is 14.9. The Bertz CT molecular complexity index is 529. The van der Waals surface area contributed by atoms with Gasteiger partial charge in [0.25, 0.3) is 0 Å². The summed E-state index contributed by atoms with van der Waals surface area (Å²) in [6.45, 7) is 2.55. The molecular formula is C11H11N5S. The van der Waals surface area contributed by atoms with Gasteiger partial charge in [0, 0.05) is 30.2 Å². The Morgan fingerprint density at radius 1 is 1.47 bits per heavy atom. The van der Waals surface area contributed by atoms with Crippen LogP contribution in [0.15, 0.2) is 17.6 Å². The number of thiazole rings is 1. The standard InChI is InChI=1S/C11H11N5S/c1-8-6-9(7-12)16-11(15-8)14-3-2-10-13-4-5-17-10/h4-6H,2-3H2,1H3,(H,14,15,16). The van der Waals surface area contributed by atoms with E-state index in [1.807, 2.05) is 18.4 Å². The highest BCUT2D eigenvalue weighted by Crippen LogP contribution is 2.06. The molecule has 0 saturated carbocycles. The van der Waals surface area contributed by atoms with Gasteiger partial charge in [-0.25, -0.2) is 15.0 Å². The molecule has 0 spiro atoms. The Balaban J connectivity index is 1.95. The largest absolute Gasteiger partial charge is 0.354 e. The number of hydrogen-bond donors (Lipinski definition) is 1. The summed E-state index contributed by atoms with van der Waals surface area (Å²) >= 11 is 1.62. The molecule has 0 bridgehead atoms. The second-order valence-corrected chi connectivity index (χ2v) is 4.41. The van der Waals surface area contributed by atoms with Crippen molar-refractivity contribution in [3.63, 3.8) is 0 Å². The Morgan fingerprint density at radius 2 is 2.35 bits per heavy atom. The van der Waals surface area contributed by atoms with Gasteiger partial charge < -0.3 is 5.32 Å². The van der Waals surface area contributed by atoms with Gasteiger partial charge in [-0.15, -0.1) is 11.3 Å². The van der Waals surface area contributed by atoms with Crippen molar-refractivity contribution in [2.45, 2.75) is 13.3 Å². The number of aryl methyl sites for hydroxylation is 1. The molecule has 2 aromatic rings. The molecule has 0 aliphatic heterocycles. The van der Waals surface area contributed by atoms with Gasteiger partial charge in [0.05, 0.1) is 5.01 Å². The van der Waals surface area contributed by atoms with E-state index in [-0.39, 0.29) is 0 Å². The number of nitrogens with zero attached hydrogens (tertiary/aromatic N) is 4. The lowest BCUT2D eigenvalue weighted by Crippen LogP contribution is -2.09. The lowest BCUT2D eigenvalue weighted by atomic mass is 10.3. The van der Waals surface area contributed by atoms with Gasteiger partial charge in [-0.1, -0.05) is 0 Å². The molecule has 86 valence electrons. The average Bonchev–Trinajstić information content (AvgIpc) is 2.81. The number of nitrogens with one attached hydrogen (secondary N) is 1. The average molecular weight is 245 g/mol. The van der Waals surface area contributed by atoms with Gasteiger partial charge in [-0.05, 0) is 13.0 Å². The third-order valence-corrected chi connectivity index (χ3v) is 2.91. The van der Waals surface area contributed by atoms with Crippen molar-refractivity contribution >= 4 is 17.3 Å². The van der Waals surface area contributed by atoms with Crippen LogP contribution in [0, 0.1) is 18.3 Å². The molecule has 5 nitrogen and oxygen atoms in total. The first kappa shape index (κ1) is 11.5. The van der Waals surface area contributed by atoms with Crippen LogP contribution in [0.5, 0.6) is 0 Å². The van der Waals surface area contributed by atoms with Crippen molar-refractivity contribution in [2.24, 2.45) is 0 Å². The molecule has 0 aliphatic rings. The van der Waals surface area contributed by atoms with E-state index in [0.29, 0.717) is 18.2 Å². The summed E-state index contributed by atoms with van der Waals surface area (Å²) < 4.78 is 0. The van der Waals surface area contributed by atoms with Gasteiger partial charge >= 0.3 is 0 Å². The number of aromatic nitrogens is 3. The third kappa shape index (κ3) is 3.23. The number of hydrogen-bond acceptors (Lipinski definition) is 6. The predicted octanol–water partition coefficient (Wildman–Crippen LogP) is 1.77. The number of anilines is 1. The lowest BCUT2D eigenvalue weighted by Gasteiger charge is -2.04. The van der Waals surface area contributed by atoms with Gasteiger partial charge in [0.2, 0.25) is 5.95 Å². The minimum atomic E-state index is 0.384. The van der Waals surface area contributed by atoms with Crippen LogP contribution in [0.1, 0.15) is 16.4 Å². The van der Waals surface area contributed by atoms with E-state index in [2.05, 4.69) is 20.3 Å². The highest BCUT2D eigenvalue weighted by molar-refractivity contribution is 7.09. The molecule has 6 heteroatoms. The summed E-state index contributed by atoms with van der Waals surface area (Å²) in [4.78, 5) is 12.5. The molecule has 0 aliphatic carbocycles. The highest BCUT2D eigenvalue weighted by Gasteiger charge is 2.01. The van der Waals surface area contributed by atoms with Crippen molar-refractivity contribution in [1.82, 2.24) is 15.0 Å². The van der Waals surface area contributed by atoms with Crippen LogP contribution in [0.2, 0.25) is 0 Å². The lowest BCUT2D eigenvalue weighted by molar-refractivity contribution is 0.958. The molecular weight excluding hydrogens is 234 g/mol. The zero-order chi connectivity index (χ0) is 12.1. The third-order valence-electron chi connectivity index (χ3n) is 2.07. The summed E-state index contributed by atoms with van der Waals surface area (Å²) in [7, 11) is 0. The van der Waals surface area contributed by atoms with Crippen molar-refractivity contribution in [2.75, 3.05) is 11.9 Å². The first-order chi connectivity index (χ1) is 8.28. The molecule has 0 saturated heterocycles. The summed E-state index contributed by atoms with van der Waals surface area (Å²) in [6, 6.07) is 3.67. The maximum Gasteiger partial charge on any atom is 0.224 e. The van der Waals surface area contributed by atoms with Crippen molar-refractivity contribution in [1.29, 1.82) is 5.26 Å². The second kappa shape index (κ2) is 5.37. The minimum Gasteiger partial charge on any atom is -0.354 e. The zero-order valence-electron chi connectivity index (χ0n) is 9.34. The molecule has 2 heterocycles. The van der Waals surface area contributed by atoms with Crippen LogP contribution in [0.3, 0.4) is 0 Å². The summed E-state index contributed by atoms with van der Waals surface area (Å²) in [5.74, 6) is 0.498. The predicted molar refractivity (Wildman–Crippen MR) is 65.8 cm³/mol. The molecule has 0 amide bonds. The zero-order valence-corrected chi connectivity index (χ0v) is 10.2. The Hall–Kier alpha value is -2.00. The monoisotopic (exact) mass is 245 g/mol. The molecule has 2 rings (SSSR count). The first-order valence-electron chi connectivity index (χ1n) is 5.16. The Morgan fingerprint density at radius 3 is 3.06 bits per heavy atom. The van der Waals surface area contributed by atoms with E-state index in [9.17, 15) is 0 Å². The van der Waals surface area contributed by atoms with E-state index < -0.39 is 0 Å². The molecule has 0 atom stereocenters. The van der Waals surface area contributed by atoms with Crippen LogP contribution in [-0.4, -0.2) is 21.5 Å². The quantitative estimate of drug-likeness (QED) is 0.888. The van der Waals surface area contributed by atoms with Crippen molar-refractivity contribution in [3.05, 3.63) is 34.0 Å². The molecule has 1 N–H and O–H groups in total. The van der Waals surface area contributed by atoms with E-state index in [1.165, 1.54) is 0 Å². The van der Waals surface area contributed by atoms with E-state index in [4.69, 9.17) is 5.26 Å². The Labute approximate surface area is 103 Å². The first-order valence-corrected chi connectivity index (χ1v) is 6.04. The minimum absolute atomic E-state index is 0.384. The molecule has 0 aromatic carbocycles. The maximum atomic E-state index is 8.79. The van der Waals surface area contributed by atoms with E-state index in [1.54, 1.807) is 23.6 Å². The topological polar surface area (TPSA) is 74.5 Å². The van der Waals surface area contributed by atoms with Crippen LogP contribution in [-0.2, 0) is 6.42 Å². The SMILES string of the molecule is Cc1cc(C#N)nc(NCCc2nccs2)n1.